The predicted octanol–water partition coefficient (Wildman–Crippen LogP) is 10.6. The Bertz CT molecular complexity index is 1910. The number of aliphatic hydroxyl groups is 3. The number of phenolic OH excluding ortho intramolecular Hbond substituents is 1. The summed E-state index contributed by atoms with van der Waals surface area (Å²) >= 11 is 0. The molecule has 0 spiro atoms. The summed E-state index contributed by atoms with van der Waals surface area (Å²) in [6, 6.07) is 34.3. The Morgan fingerprint density at radius 3 is 1.42 bits per heavy atom. The summed E-state index contributed by atoms with van der Waals surface area (Å²) in [6.07, 6.45) is -0.487. The van der Waals surface area contributed by atoms with Gasteiger partial charge in [-0.1, -0.05) is 60.7 Å². The second kappa shape index (κ2) is 20.4. The summed E-state index contributed by atoms with van der Waals surface area (Å²) in [5.74, 6) is -3.04. The first-order valence-corrected chi connectivity index (χ1v) is 17.6. The van der Waals surface area contributed by atoms with Gasteiger partial charge in [0.2, 0.25) is 11.8 Å². The van der Waals surface area contributed by atoms with Gasteiger partial charge in [-0.3, -0.25) is 0 Å². The molecule has 2 heterocycles. The van der Waals surface area contributed by atoms with Gasteiger partial charge in [-0.2, -0.15) is 0 Å². The number of rotatable bonds is 16. The van der Waals surface area contributed by atoms with E-state index in [1.165, 1.54) is 0 Å². The van der Waals surface area contributed by atoms with Gasteiger partial charge in [-0.15, -0.1) is 0 Å². The van der Waals surface area contributed by atoms with Gasteiger partial charge in [0.15, 0.2) is 0 Å². The smallest absolute Gasteiger partial charge is 0.248 e. The molecule has 0 radical (unpaired) electrons. The predicted molar refractivity (Wildman–Crippen MR) is 199 cm³/mol. The average molecular weight is 739 g/mol. The quantitative estimate of drug-likeness (QED) is 0.0577. The Labute approximate surface area is 306 Å². The van der Waals surface area contributed by atoms with E-state index in [-0.39, 0.29) is 83.5 Å². The van der Waals surface area contributed by atoms with Gasteiger partial charge in [0, 0.05) is 79.5 Å². The van der Waals surface area contributed by atoms with Gasteiger partial charge in [0.25, 0.3) is 0 Å². The van der Waals surface area contributed by atoms with Crippen molar-refractivity contribution < 1.29 is 51.6 Å². The molecule has 0 aliphatic heterocycles. The van der Waals surface area contributed by atoms with Crippen LogP contribution < -0.4 is 4.74 Å². The molecule has 284 valence electrons. The summed E-state index contributed by atoms with van der Waals surface area (Å²) in [7, 11) is 0. The Morgan fingerprint density at radius 2 is 0.943 bits per heavy atom. The molecule has 0 fully saturated rings. The number of benzene rings is 4. The SMILES string of the molecule is OCCCC(F)(F)CCCO.OCCCC(F)(F)CCCOc1ccc2cc(-c3ccccc3)oc2c1.Oc1ccc2cc(-c3ccccc3)oc2c1. The molecule has 53 heavy (non-hydrogen) atoms. The molecular formula is C42H46F4O7. The largest absolute Gasteiger partial charge is 0.508 e. The lowest BCUT2D eigenvalue weighted by Gasteiger charge is -2.15. The maximum Gasteiger partial charge on any atom is 0.248 e. The van der Waals surface area contributed by atoms with Crippen LogP contribution in [-0.2, 0) is 0 Å². The average Bonchev–Trinajstić information content (AvgIpc) is 3.80. The maximum atomic E-state index is 13.5. The standard InChI is InChI=1S/C21H22F2O3.C14H10O2.C7H14F2O2/c22-21(23,10-4-12-24)11-5-13-25-18-9-8-17-14-19(26-20(17)15-18)16-6-2-1-3-7-16;15-12-7-6-11-8-13(16-14(11)9-12)10-4-2-1-3-5-10;8-7(9,3-1-5-10)4-2-6-11/h1-3,6-9,14-15,24H,4-5,10-13H2;1-9,15H;10-11H,1-6H2. The lowest BCUT2D eigenvalue weighted by atomic mass is 10.1. The third kappa shape index (κ3) is 13.6. The number of ether oxygens (including phenoxy) is 1. The zero-order valence-corrected chi connectivity index (χ0v) is 29.4. The van der Waals surface area contributed by atoms with Gasteiger partial charge in [-0.05, 0) is 62.1 Å². The first-order valence-electron chi connectivity index (χ1n) is 17.6. The molecule has 4 N–H and O–H groups in total. The summed E-state index contributed by atoms with van der Waals surface area (Å²) in [5.41, 5.74) is 3.45. The van der Waals surface area contributed by atoms with Gasteiger partial charge in [0.1, 0.15) is 34.2 Å². The Kier molecular flexibility index (Phi) is 15.8. The van der Waals surface area contributed by atoms with Gasteiger partial charge in [0.05, 0.1) is 6.61 Å². The van der Waals surface area contributed by atoms with E-state index in [2.05, 4.69) is 0 Å². The van der Waals surface area contributed by atoms with E-state index in [1.54, 1.807) is 18.2 Å². The fourth-order valence-corrected chi connectivity index (χ4v) is 5.39. The van der Waals surface area contributed by atoms with Crippen molar-refractivity contribution in [1.82, 2.24) is 0 Å². The van der Waals surface area contributed by atoms with Crippen LogP contribution in [0.5, 0.6) is 11.5 Å². The molecule has 0 unspecified atom stereocenters. The number of fused-ring (bicyclic) bond motifs is 2. The molecule has 6 rings (SSSR count). The molecule has 0 saturated heterocycles. The molecule has 0 aliphatic rings. The Morgan fingerprint density at radius 1 is 0.509 bits per heavy atom. The zero-order valence-electron chi connectivity index (χ0n) is 29.4. The van der Waals surface area contributed by atoms with E-state index in [9.17, 15) is 22.7 Å². The minimum atomic E-state index is -2.75. The van der Waals surface area contributed by atoms with E-state index >= 15 is 0 Å². The van der Waals surface area contributed by atoms with Crippen LogP contribution in [0.15, 0.2) is 118 Å². The molecule has 0 bridgehead atoms. The third-order valence-electron chi connectivity index (χ3n) is 8.17. The monoisotopic (exact) mass is 738 g/mol. The highest BCUT2D eigenvalue weighted by molar-refractivity contribution is 5.84. The number of halogens is 4. The number of hydrogen-bond donors (Lipinski definition) is 4. The van der Waals surface area contributed by atoms with E-state index < -0.39 is 11.8 Å². The van der Waals surface area contributed by atoms with Crippen molar-refractivity contribution in [3.63, 3.8) is 0 Å². The van der Waals surface area contributed by atoms with Crippen LogP contribution in [-0.4, -0.2) is 58.7 Å². The lowest BCUT2D eigenvalue weighted by molar-refractivity contribution is -0.0263. The van der Waals surface area contributed by atoms with E-state index in [4.69, 9.17) is 28.9 Å². The molecule has 4 aromatic carbocycles. The number of phenols is 1. The highest BCUT2D eigenvalue weighted by atomic mass is 19.3. The fraction of sp³-hybridized carbons (Fsp3) is 0.333. The number of alkyl halides is 4. The van der Waals surface area contributed by atoms with E-state index in [0.29, 0.717) is 16.9 Å². The number of aromatic hydroxyl groups is 1. The molecule has 11 heteroatoms. The second-order valence-corrected chi connectivity index (χ2v) is 12.5. The molecule has 0 aliphatic carbocycles. The second-order valence-electron chi connectivity index (χ2n) is 12.5. The lowest BCUT2D eigenvalue weighted by Crippen LogP contribution is -2.17. The minimum absolute atomic E-state index is 0.118. The van der Waals surface area contributed by atoms with Crippen LogP contribution in [0, 0.1) is 0 Å². The molecule has 6 aromatic rings. The zero-order chi connectivity index (χ0) is 38.1. The summed E-state index contributed by atoms with van der Waals surface area (Å²) < 4.78 is 69.3. The maximum absolute atomic E-state index is 13.5. The van der Waals surface area contributed by atoms with Gasteiger partial charge >= 0.3 is 0 Å². The van der Waals surface area contributed by atoms with Crippen molar-refractivity contribution in [3.8, 4) is 34.1 Å². The molecule has 0 saturated carbocycles. The first kappa shape index (κ1) is 40.9. The number of aliphatic hydroxyl groups excluding tert-OH is 3. The van der Waals surface area contributed by atoms with Crippen molar-refractivity contribution >= 4 is 21.9 Å². The topological polar surface area (TPSA) is 116 Å². The van der Waals surface area contributed by atoms with Crippen LogP contribution in [0.2, 0.25) is 0 Å². The molecule has 2 aromatic heterocycles. The third-order valence-corrected chi connectivity index (χ3v) is 8.17. The van der Waals surface area contributed by atoms with Crippen molar-refractivity contribution in [2.45, 2.75) is 63.2 Å². The van der Waals surface area contributed by atoms with Crippen LogP contribution in [0.4, 0.5) is 17.6 Å². The minimum Gasteiger partial charge on any atom is -0.508 e. The highest BCUT2D eigenvalue weighted by Gasteiger charge is 2.28. The Hall–Kier alpha value is -4.84. The van der Waals surface area contributed by atoms with Crippen molar-refractivity contribution in [2.75, 3.05) is 26.4 Å². The normalized spacial score (nSPS) is 11.5. The molecular weight excluding hydrogens is 692 g/mol. The molecule has 0 atom stereocenters. The van der Waals surface area contributed by atoms with Crippen molar-refractivity contribution in [2.24, 2.45) is 0 Å². The van der Waals surface area contributed by atoms with Crippen LogP contribution in [0.3, 0.4) is 0 Å². The van der Waals surface area contributed by atoms with Crippen LogP contribution in [0.1, 0.15) is 51.4 Å². The van der Waals surface area contributed by atoms with Gasteiger partial charge in [-0.25, -0.2) is 17.6 Å². The number of hydrogen-bond acceptors (Lipinski definition) is 7. The summed E-state index contributed by atoms with van der Waals surface area (Å²) in [6.45, 7) is -0.393. The van der Waals surface area contributed by atoms with Crippen molar-refractivity contribution in [3.05, 3.63) is 109 Å². The molecule has 7 nitrogen and oxygen atoms in total. The van der Waals surface area contributed by atoms with Crippen LogP contribution >= 0.6 is 0 Å². The van der Waals surface area contributed by atoms with Crippen LogP contribution in [0.25, 0.3) is 44.6 Å². The fourth-order valence-electron chi connectivity index (χ4n) is 5.39. The van der Waals surface area contributed by atoms with Crippen molar-refractivity contribution in [1.29, 1.82) is 0 Å². The summed E-state index contributed by atoms with van der Waals surface area (Å²) in [4.78, 5) is 0. The van der Waals surface area contributed by atoms with E-state index in [1.807, 2.05) is 91.0 Å². The number of furan rings is 2. The highest BCUT2D eigenvalue weighted by Crippen LogP contribution is 2.32. The summed E-state index contributed by atoms with van der Waals surface area (Å²) in [5, 5.41) is 36.5. The Balaban J connectivity index is 0.000000197. The molecule has 0 amide bonds. The van der Waals surface area contributed by atoms with Gasteiger partial charge < -0.3 is 34.0 Å². The van der Waals surface area contributed by atoms with E-state index in [0.717, 1.165) is 33.4 Å². The first-order chi connectivity index (χ1) is 25.5.